The number of carbonyl (C=O) groups excluding carboxylic acids is 2. The van der Waals surface area contributed by atoms with Crippen LogP contribution in [0.1, 0.15) is 27.9 Å². The van der Waals surface area contributed by atoms with Crippen molar-refractivity contribution in [3.05, 3.63) is 59.2 Å². The summed E-state index contributed by atoms with van der Waals surface area (Å²) in [6.45, 7) is 4.25. The third kappa shape index (κ3) is 3.74. The van der Waals surface area contributed by atoms with Crippen LogP contribution in [-0.2, 0) is 9.59 Å². The van der Waals surface area contributed by atoms with E-state index in [0.717, 1.165) is 16.8 Å². The van der Waals surface area contributed by atoms with Gasteiger partial charge in [0.1, 0.15) is 0 Å². The van der Waals surface area contributed by atoms with Crippen LogP contribution in [0.4, 0.5) is 11.4 Å². The van der Waals surface area contributed by atoms with Gasteiger partial charge in [0.05, 0.1) is 11.5 Å². The fraction of sp³-hybridized carbons (Fsp3) is 0.250. The van der Waals surface area contributed by atoms with Crippen molar-refractivity contribution in [2.45, 2.75) is 20.3 Å². The van der Waals surface area contributed by atoms with Crippen molar-refractivity contribution in [2.24, 2.45) is 5.92 Å². The predicted octanol–water partition coefficient (Wildman–Crippen LogP) is 2.99. The van der Waals surface area contributed by atoms with Gasteiger partial charge < -0.3 is 15.3 Å². The maximum Gasteiger partial charge on any atom is 0.335 e. The molecule has 1 fully saturated rings. The van der Waals surface area contributed by atoms with Crippen molar-refractivity contribution in [2.75, 3.05) is 16.8 Å². The zero-order chi connectivity index (χ0) is 18.8. The summed E-state index contributed by atoms with van der Waals surface area (Å²) in [7, 11) is 0. The normalized spacial score (nSPS) is 16.6. The van der Waals surface area contributed by atoms with Crippen molar-refractivity contribution in [1.29, 1.82) is 0 Å². The topological polar surface area (TPSA) is 86.7 Å². The van der Waals surface area contributed by atoms with Gasteiger partial charge in [-0.1, -0.05) is 12.1 Å². The molecule has 2 amide bonds. The van der Waals surface area contributed by atoms with E-state index < -0.39 is 11.9 Å². The summed E-state index contributed by atoms with van der Waals surface area (Å²) in [5.41, 5.74) is 3.43. The number of nitrogens with one attached hydrogen (secondary N) is 1. The number of hydrogen-bond donors (Lipinski definition) is 2. The predicted molar refractivity (Wildman–Crippen MR) is 98.4 cm³/mol. The number of anilines is 2. The average molecular weight is 352 g/mol. The quantitative estimate of drug-likeness (QED) is 0.886. The van der Waals surface area contributed by atoms with Crippen molar-refractivity contribution < 1.29 is 19.5 Å². The lowest BCUT2D eigenvalue weighted by Gasteiger charge is -2.18. The number of carbonyl (C=O) groups is 3. The maximum atomic E-state index is 12.5. The van der Waals surface area contributed by atoms with E-state index in [4.69, 9.17) is 5.11 Å². The fourth-order valence-corrected chi connectivity index (χ4v) is 3.21. The number of hydrogen-bond acceptors (Lipinski definition) is 3. The Labute approximate surface area is 151 Å². The fourth-order valence-electron chi connectivity index (χ4n) is 3.21. The van der Waals surface area contributed by atoms with Crippen molar-refractivity contribution in [3.8, 4) is 0 Å². The average Bonchev–Trinajstić information content (AvgIpc) is 2.96. The summed E-state index contributed by atoms with van der Waals surface area (Å²) in [5.74, 6) is -1.91. The Hall–Kier alpha value is -3.15. The molecule has 0 aliphatic carbocycles. The minimum Gasteiger partial charge on any atom is -0.478 e. The van der Waals surface area contributed by atoms with Crippen molar-refractivity contribution >= 4 is 29.2 Å². The maximum absolute atomic E-state index is 12.5. The van der Waals surface area contributed by atoms with Gasteiger partial charge in [0.25, 0.3) is 0 Å². The summed E-state index contributed by atoms with van der Waals surface area (Å²) >= 11 is 0. The molecule has 1 aliphatic heterocycles. The number of nitrogens with zero attached hydrogens (tertiary/aromatic N) is 1. The van der Waals surface area contributed by atoms with Crippen molar-refractivity contribution in [3.63, 3.8) is 0 Å². The second kappa shape index (κ2) is 7.00. The highest BCUT2D eigenvalue weighted by molar-refractivity contribution is 6.04. The van der Waals surface area contributed by atoms with Crippen LogP contribution in [-0.4, -0.2) is 29.4 Å². The Balaban J connectivity index is 1.73. The Morgan fingerprint density at radius 1 is 1.12 bits per heavy atom. The monoisotopic (exact) mass is 352 g/mol. The molecular formula is C20H20N2O4. The zero-order valence-electron chi connectivity index (χ0n) is 14.7. The molecule has 1 saturated heterocycles. The van der Waals surface area contributed by atoms with Crippen LogP contribution < -0.4 is 10.2 Å². The first-order valence-corrected chi connectivity index (χ1v) is 8.36. The molecule has 0 unspecified atom stereocenters. The molecule has 2 aromatic rings. The molecule has 2 aromatic carbocycles. The summed E-state index contributed by atoms with van der Waals surface area (Å²) in [5, 5.41) is 11.7. The highest BCUT2D eigenvalue weighted by Gasteiger charge is 2.35. The van der Waals surface area contributed by atoms with Gasteiger partial charge in [-0.25, -0.2) is 4.79 Å². The second-order valence-electron chi connectivity index (χ2n) is 6.63. The summed E-state index contributed by atoms with van der Waals surface area (Å²) < 4.78 is 0. The highest BCUT2D eigenvalue weighted by atomic mass is 16.4. The third-order valence-corrected chi connectivity index (χ3v) is 4.39. The number of aryl methyl sites for hydroxylation is 2. The van der Waals surface area contributed by atoms with Crippen LogP contribution in [0.15, 0.2) is 42.5 Å². The van der Waals surface area contributed by atoms with Gasteiger partial charge in [-0.05, 0) is 55.3 Å². The number of carboxylic acids is 1. The Morgan fingerprint density at radius 3 is 2.46 bits per heavy atom. The minimum absolute atomic E-state index is 0.0885. The molecular weight excluding hydrogens is 332 g/mol. The van der Waals surface area contributed by atoms with Crippen LogP contribution in [0.25, 0.3) is 0 Å². The first-order valence-electron chi connectivity index (χ1n) is 8.36. The number of rotatable bonds is 4. The summed E-state index contributed by atoms with van der Waals surface area (Å²) in [6, 6.07) is 12.0. The van der Waals surface area contributed by atoms with E-state index in [1.165, 1.54) is 12.1 Å². The SMILES string of the molecule is Cc1cc(C)cc(N2C[C@@H](C(=O)Nc3cccc(C(=O)O)c3)CC2=O)c1. The van der Waals surface area contributed by atoms with E-state index in [-0.39, 0.29) is 23.8 Å². The van der Waals surface area contributed by atoms with Crippen LogP contribution in [0, 0.1) is 19.8 Å². The molecule has 6 heteroatoms. The largest absolute Gasteiger partial charge is 0.478 e. The van der Waals surface area contributed by atoms with Gasteiger partial charge in [-0.2, -0.15) is 0 Å². The van der Waals surface area contributed by atoms with Crippen LogP contribution in [0.2, 0.25) is 0 Å². The minimum atomic E-state index is -1.06. The van der Waals surface area contributed by atoms with Gasteiger partial charge in [0.2, 0.25) is 11.8 Å². The van der Waals surface area contributed by atoms with Crippen LogP contribution in [0.5, 0.6) is 0 Å². The zero-order valence-corrected chi connectivity index (χ0v) is 14.7. The van der Waals surface area contributed by atoms with Gasteiger partial charge in [-0.3, -0.25) is 9.59 Å². The molecule has 6 nitrogen and oxygen atoms in total. The molecule has 0 saturated carbocycles. The Kier molecular flexibility index (Phi) is 4.75. The van der Waals surface area contributed by atoms with Gasteiger partial charge in [0.15, 0.2) is 0 Å². The lowest BCUT2D eigenvalue weighted by atomic mass is 10.1. The Bertz CT molecular complexity index is 871. The standard InChI is InChI=1S/C20H20N2O4/c1-12-6-13(2)8-17(7-12)22-11-15(10-18(22)23)19(24)21-16-5-3-4-14(9-16)20(25)26/h3-9,15H,10-11H2,1-2H3,(H,21,24)(H,25,26)/t15-/m0/s1. The Morgan fingerprint density at radius 2 is 1.81 bits per heavy atom. The van der Waals surface area contributed by atoms with E-state index in [0.29, 0.717) is 12.2 Å². The van der Waals surface area contributed by atoms with E-state index >= 15 is 0 Å². The van der Waals surface area contributed by atoms with Gasteiger partial charge in [-0.15, -0.1) is 0 Å². The molecule has 2 N–H and O–H groups in total. The first kappa shape index (κ1) is 17.7. The number of benzene rings is 2. The number of aromatic carboxylic acids is 1. The van der Waals surface area contributed by atoms with E-state index in [1.807, 2.05) is 32.0 Å². The van der Waals surface area contributed by atoms with E-state index in [1.54, 1.807) is 17.0 Å². The molecule has 0 aromatic heterocycles. The molecule has 1 atom stereocenters. The smallest absolute Gasteiger partial charge is 0.335 e. The van der Waals surface area contributed by atoms with Crippen LogP contribution >= 0.6 is 0 Å². The van der Waals surface area contributed by atoms with Crippen LogP contribution in [0.3, 0.4) is 0 Å². The van der Waals surface area contributed by atoms with Gasteiger partial charge >= 0.3 is 5.97 Å². The summed E-state index contributed by atoms with van der Waals surface area (Å²) in [4.78, 5) is 37.6. The molecule has 0 spiro atoms. The molecule has 134 valence electrons. The lowest BCUT2D eigenvalue weighted by Crippen LogP contribution is -2.28. The van der Waals surface area contributed by atoms with E-state index in [2.05, 4.69) is 5.32 Å². The second-order valence-corrected chi connectivity index (χ2v) is 6.63. The molecule has 0 radical (unpaired) electrons. The first-order chi connectivity index (χ1) is 12.3. The molecule has 0 bridgehead atoms. The molecule has 26 heavy (non-hydrogen) atoms. The number of amides is 2. The summed E-state index contributed by atoms with van der Waals surface area (Å²) in [6.07, 6.45) is 0.136. The highest BCUT2D eigenvalue weighted by Crippen LogP contribution is 2.27. The lowest BCUT2D eigenvalue weighted by molar-refractivity contribution is -0.122. The molecule has 1 heterocycles. The van der Waals surface area contributed by atoms with Gasteiger partial charge in [0, 0.05) is 24.3 Å². The third-order valence-electron chi connectivity index (χ3n) is 4.39. The number of carboxylic acid groups (broad SMARTS) is 1. The molecule has 3 rings (SSSR count). The van der Waals surface area contributed by atoms with Crippen molar-refractivity contribution in [1.82, 2.24) is 0 Å². The molecule has 1 aliphatic rings. The van der Waals surface area contributed by atoms with E-state index in [9.17, 15) is 14.4 Å².